The lowest BCUT2D eigenvalue weighted by Crippen LogP contribution is -2.27. The molecule has 124 valence electrons. The van der Waals surface area contributed by atoms with Gasteiger partial charge in [0.15, 0.2) is 0 Å². The van der Waals surface area contributed by atoms with E-state index in [0.29, 0.717) is 17.9 Å². The Morgan fingerprint density at radius 2 is 1.92 bits per heavy atom. The van der Waals surface area contributed by atoms with E-state index in [0.717, 1.165) is 5.56 Å². The lowest BCUT2D eigenvalue weighted by Gasteiger charge is -2.16. The maximum Gasteiger partial charge on any atom is 0.317 e. The predicted octanol–water partition coefficient (Wildman–Crippen LogP) is 2.78. The number of carbonyl (C=O) groups is 2. The van der Waals surface area contributed by atoms with Gasteiger partial charge in [0.2, 0.25) is 0 Å². The van der Waals surface area contributed by atoms with Crippen LogP contribution in [0.15, 0.2) is 54.6 Å². The number of carboxylic acid groups (broad SMARTS) is 1. The van der Waals surface area contributed by atoms with Gasteiger partial charge in [-0.25, -0.2) is 0 Å². The molecule has 0 radical (unpaired) electrons. The summed E-state index contributed by atoms with van der Waals surface area (Å²) >= 11 is 0. The molecule has 0 aromatic heterocycles. The number of rotatable bonds is 6. The molecule has 2 aromatic carbocycles. The Morgan fingerprint density at radius 3 is 2.54 bits per heavy atom. The highest BCUT2D eigenvalue weighted by molar-refractivity contribution is 5.95. The van der Waals surface area contributed by atoms with Gasteiger partial charge >= 0.3 is 11.9 Å². The third-order valence-electron chi connectivity index (χ3n) is 4.41. The van der Waals surface area contributed by atoms with Crippen molar-refractivity contribution in [2.75, 3.05) is 7.11 Å². The van der Waals surface area contributed by atoms with Crippen molar-refractivity contribution in [1.82, 2.24) is 0 Å². The molecule has 3 rings (SSSR count). The molecule has 0 amide bonds. The summed E-state index contributed by atoms with van der Waals surface area (Å²) in [7, 11) is 1.27. The number of carbonyl (C=O) groups excluding carboxylic acids is 1. The van der Waals surface area contributed by atoms with Crippen LogP contribution >= 0.6 is 0 Å². The topological polar surface area (TPSA) is 72.8 Å². The van der Waals surface area contributed by atoms with Gasteiger partial charge in [-0.1, -0.05) is 42.5 Å². The summed E-state index contributed by atoms with van der Waals surface area (Å²) < 4.78 is 10.6. The molecule has 1 saturated carbocycles. The molecule has 0 heterocycles. The van der Waals surface area contributed by atoms with Crippen LogP contribution in [0.3, 0.4) is 0 Å². The first-order chi connectivity index (χ1) is 11.6. The molecule has 2 aromatic rings. The summed E-state index contributed by atoms with van der Waals surface area (Å²) in [6, 6.07) is 16.7. The fourth-order valence-corrected chi connectivity index (χ4v) is 3.01. The van der Waals surface area contributed by atoms with E-state index >= 15 is 0 Å². The maximum atomic E-state index is 12.2. The molecule has 0 bridgehead atoms. The van der Waals surface area contributed by atoms with Crippen LogP contribution in [0.5, 0.6) is 5.75 Å². The summed E-state index contributed by atoms with van der Waals surface area (Å²) in [5, 5.41) is 9.28. The molecule has 0 saturated heterocycles. The van der Waals surface area contributed by atoms with Gasteiger partial charge in [0.1, 0.15) is 17.8 Å². The number of methoxy groups -OCH3 is 1. The zero-order chi connectivity index (χ0) is 17.2. The Kier molecular flexibility index (Phi) is 4.25. The smallest absolute Gasteiger partial charge is 0.317 e. The number of benzene rings is 2. The first-order valence-corrected chi connectivity index (χ1v) is 7.66. The Balaban J connectivity index is 1.82. The van der Waals surface area contributed by atoms with Crippen LogP contribution in [0.2, 0.25) is 0 Å². The molecular weight excluding hydrogens is 308 g/mol. The van der Waals surface area contributed by atoms with Crippen molar-refractivity contribution in [2.24, 2.45) is 5.92 Å². The Morgan fingerprint density at radius 1 is 1.17 bits per heavy atom. The number of hydrogen-bond donors (Lipinski definition) is 1. The van der Waals surface area contributed by atoms with Gasteiger partial charge in [0, 0.05) is 0 Å². The summed E-state index contributed by atoms with van der Waals surface area (Å²) in [4.78, 5) is 23.5. The summed E-state index contributed by atoms with van der Waals surface area (Å²) in [5.41, 5.74) is 0.542. The summed E-state index contributed by atoms with van der Waals surface area (Å²) in [6.45, 7) is 0.401. The second-order valence-corrected chi connectivity index (χ2v) is 5.86. The fourth-order valence-electron chi connectivity index (χ4n) is 3.01. The van der Waals surface area contributed by atoms with E-state index < -0.39 is 23.3 Å². The van der Waals surface area contributed by atoms with E-state index in [1.54, 1.807) is 24.3 Å². The molecule has 1 aliphatic carbocycles. The zero-order valence-corrected chi connectivity index (χ0v) is 13.3. The number of aliphatic carboxylic acids is 1. The summed E-state index contributed by atoms with van der Waals surface area (Å²) in [5.74, 6) is -1.67. The molecule has 1 fully saturated rings. The standard InChI is InChI=1S/C19H18O5/c1-23-18(22)19(11-16(19)17(20)21)14-8-5-9-15(10-14)24-12-13-6-3-2-4-7-13/h2-10,16H,11-12H2,1H3,(H,20,21)/t16?,19-/m1/s1. The first kappa shape index (κ1) is 16.1. The molecule has 1 unspecified atom stereocenters. The lowest BCUT2D eigenvalue weighted by atomic mass is 9.93. The summed E-state index contributed by atoms with van der Waals surface area (Å²) in [6.07, 6.45) is 0.247. The highest BCUT2D eigenvalue weighted by atomic mass is 16.5. The predicted molar refractivity (Wildman–Crippen MR) is 86.7 cm³/mol. The second kappa shape index (κ2) is 6.35. The Hall–Kier alpha value is -2.82. The van der Waals surface area contributed by atoms with Crippen molar-refractivity contribution in [2.45, 2.75) is 18.4 Å². The SMILES string of the molecule is COC(=O)[C@@]1(c2cccc(OCc3ccccc3)c2)CC1C(=O)O. The van der Waals surface area contributed by atoms with E-state index in [-0.39, 0.29) is 6.42 Å². The molecule has 24 heavy (non-hydrogen) atoms. The largest absolute Gasteiger partial charge is 0.489 e. The molecule has 5 nitrogen and oxygen atoms in total. The van der Waals surface area contributed by atoms with Gasteiger partial charge in [-0.05, 0) is 29.7 Å². The van der Waals surface area contributed by atoms with Crippen molar-refractivity contribution >= 4 is 11.9 Å². The average Bonchev–Trinajstić information content (AvgIpc) is 3.38. The quantitative estimate of drug-likeness (QED) is 0.826. The molecule has 1 N–H and O–H groups in total. The highest BCUT2D eigenvalue weighted by Crippen LogP contribution is 2.55. The maximum absolute atomic E-state index is 12.2. The normalized spacial score (nSPS) is 21.8. The molecule has 1 aliphatic rings. The van der Waals surface area contributed by atoms with Gasteiger partial charge in [0.05, 0.1) is 13.0 Å². The van der Waals surface area contributed by atoms with Crippen molar-refractivity contribution in [3.63, 3.8) is 0 Å². The van der Waals surface area contributed by atoms with Crippen LogP contribution in [-0.2, 0) is 26.3 Å². The van der Waals surface area contributed by atoms with Crippen LogP contribution in [0.1, 0.15) is 17.5 Å². The van der Waals surface area contributed by atoms with E-state index in [1.807, 2.05) is 30.3 Å². The van der Waals surface area contributed by atoms with Gasteiger partial charge in [0.25, 0.3) is 0 Å². The van der Waals surface area contributed by atoms with E-state index in [9.17, 15) is 14.7 Å². The van der Waals surface area contributed by atoms with Crippen LogP contribution < -0.4 is 4.74 Å². The molecule has 0 aliphatic heterocycles. The Bertz CT molecular complexity index is 755. The second-order valence-electron chi connectivity index (χ2n) is 5.86. The number of esters is 1. The van der Waals surface area contributed by atoms with Crippen LogP contribution in [0.4, 0.5) is 0 Å². The zero-order valence-electron chi connectivity index (χ0n) is 13.3. The van der Waals surface area contributed by atoms with Crippen molar-refractivity contribution in [3.05, 3.63) is 65.7 Å². The van der Waals surface area contributed by atoms with E-state index in [2.05, 4.69) is 0 Å². The molecule has 5 heteroatoms. The minimum atomic E-state index is -1.10. The van der Waals surface area contributed by atoms with Crippen molar-refractivity contribution < 1.29 is 24.2 Å². The monoisotopic (exact) mass is 326 g/mol. The highest BCUT2D eigenvalue weighted by Gasteiger charge is 2.66. The van der Waals surface area contributed by atoms with Crippen LogP contribution in [-0.4, -0.2) is 24.2 Å². The van der Waals surface area contributed by atoms with Crippen LogP contribution in [0, 0.1) is 5.92 Å². The van der Waals surface area contributed by atoms with Gasteiger partial charge in [-0.15, -0.1) is 0 Å². The first-order valence-electron chi connectivity index (χ1n) is 7.66. The van der Waals surface area contributed by atoms with Crippen LogP contribution in [0.25, 0.3) is 0 Å². The van der Waals surface area contributed by atoms with E-state index in [1.165, 1.54) is 7.11 Å². The number of carboxylic acids is 1. The van der Waals surface area contributed by atoms with Gasteiger partial charge in [-0.2, -0.15) is 0 Å². The third-order valence-corrected chi connectivity index (χ3v) is 4.41. The molecule has 2 atom stereocenters. The molecule has 0 spiro atoms. The number of ether oxygens (including phenoxy) is 2. The van der Waals surface area contributed by atoms with Gasteiger partial charge in [-0.3, -0.25) is 9.59 Å². The minimum Gasteiger partial charge on any atom is -0.489 e. The number of hydrogen-bond acceptors (Lipinski definition) is 4. The minimum absolute atomic E-state index is 0.247. The third kappa shape index (κ3) is 2.85. The lowest BCUT2D eigenvalue weighted by molar-refractivity contribution is -0.148. The van der Waals surface area contributed by atoms with Crippen molar-refractivity contribution in [1.29, 1.82) is 0 Å². The van der Waals surface area contributed by atoms with Crippen molar-refractivity contribution in [3.8, 4) is 5.75 Å². The fraction of sp³-hybridized carbons (Fsp3) is 0.263. The average molecular weight is 326 g/mol. The van der Waals surface area contributed by atoms with E-state index in [4.69, 9.17) is 9.47 Å². The van der Waals surface area contributed by atoms with Gasteiger partial charge < -0.3 is 14.6 Å². The molecular formula is C19H18O5. The Labute approximate surface area is 139 Å².